The van der Waals surface area contributed by atoms with Crippen molar-refractivity contribution in [2.75, 3.05) is 19.0 Å². The molecule has 10 nitrogen and oxygen atoms in total. The SMILES string of the molecule is COC[C@H](C)Nc1ncc2c(-c3cnn(CC(=O)O)c3)cc(C3CCC(O)CC3)n2n1. The first-order chi connectivity index (χ1) is 14.9. The number of anilines is 1. The average Bonchev–Trinajstić information content (AvgIpc) is 3.32. The van der Waals surface area contributed by atoms with Crippen molar-refractivity contribution in [1.82, 2.24) is 24.4 Å². The van der Waals surface area contributed by atoms with Crippen LogP contribution in [-0.2, 0) is 16.1 Å². The van der Waals surface area contributed by atoms with Gasteiger partial charge in [-0.3, -0.25) is 9.48 Å². The fourth-order valence-corrected chi connectivity index (χ4v) is 4.21. The number of aliphatic hydroxyl groups is 1. The first-order valence-corrected chi connectivity index (χ1v) is 10.5. The third-order valence-corrected chi connectivity index (χ3v) is 5.69. The molecule has 0 saturated heterocycles. The largest absolute Gasteiger partial charge is 0.480 e. The summed E-state index contributed by atoms with van der Waals surface area (Å²) in [6.45, 7) is 2.34. The number of hydrogen-bond acceptors (Lipinski definition) is 7. The molecule has 0 amide bonds. The Balaban J connectivity index is 1.74. The van der Waals surface area contributed by atoms with Gasteiger partial charge in [0, 0.05) is 42.1 Å². The van der Waals surface area contributed by atoms with Gasteiger partial charge < -0.3 is 20.3 Å². The smallest absolute Gasteiger partial charge is 0.325 e. The Labute approximate surface area is 179 Å². The van der Waals surface area contributed by atoms with Crippen LogP contribution in [0.4, 0.5) is 5.95 Å². The van der Waals surface area contributed by atoms with Crippen molar-refractivity contribution in [3.05, 3.63) is 30.4 Å². The summed E-state index contributed by atoms with van der Waals surface area (Å²) in [5.74, 6) is -0.155. The number of ether oxygens (including phenoxy) is 1. The molecule has 166 valence electrons. The number of nitrogens with one attached hydrogen (secondary N) is 1. The highest BCUT2D eigenvalue weighted by atomic mass is 16.5. The number of aliphatic carboxylic acids is 1. The summed E-state index contributed by atoms with van der Waals surface area (Å²) in [7, 11) is 1.65. The Bertz CT molecular complexity index is 1050. The number of aromatic nitrogens is 5. The summed E-state index contributed by atoms with van der Waals surface area (Å²) in [5, 5.41) is 31.1. The molecule has 4 rings (SSSR count). The van der Waals surface area contributed by atoms with E-state index >= 15 is 0 Å². The predicted molar refractivity (Wildman–Crippen MR) is 114 cm³/mol. The van der Waals surface area contributed by atoms with Gasteiger partial charge in [-0.1, -0.05) is 0 Å². The van der Waals surface area contributed by atoms with E-state index in [-0.39, 0.29) is 24.6 Å². The van der Waals surface area contributed by atoms with Gasteiger partial charge in [0.1, 0.15) is 6.54 Å². The zero-order valence-electron chi connectivity index (χ0n) is 17.7. The summed E-state index contributed by atoms with van der Waals surface area (Å²) in [6, 6.07) is 2.15. The van der Waals surface area contributed by atoms with E-state index in [0.717, 1.165) is 48.0 Å². The van der Waals surface area contributed by atoms with Crippen LogP contribution in [0, 0.1) is 0 Å². The number of carbonyl (C=O) groups is 1. The lowest BCUT2D eigenvalue weighted by Crippen LogP contribution is -2.23. The molecule has 31 heavy (non-hydrogen) atoms. The molecular weight excluding hydrogens is 400 g/mol. The predicted octanol–water partition coefficient (Wildman–Crippen LogP) is 2.14. The fraction of sp³-hybridized carbons (Fsp3) is 0.524. The zero-order chi connectivity index (χ0) is 22.0. The van der Waals surface area contributed by atoms with Crippen LogP contribution < -0.4 is 5.32 Å². The van der Waals surface area contributed by atoms with Gasteiger partial charge in [-0.15, -0.1) is 5.10 Å². The van der Waals surface area contributed by atoms with Crippen molar-refractivity contribution < 1.29 is 19.7 Å². The maximum Gasteiger partial charge on any atom is 0.325 e. The Morgan fingerprint density at radius 3 is 2.81 bits per heavy atom. The van der Waals surface area contributed by atoms with Gasteiger partial charge >= 0.3 is 5.97 Å². The van der Waals surface area contributed by atoms with E-state index in [1.54, 1.807) is 25.7 Å². The molecule has 3 aromatic rings. The van der Waals surface area contributed by atoms with Crippen LogP contribution in [0.3, 0.4) is 0 Å². The van der Waals surface area contributed by atoms with Gasteiger partial charge in [-0.25, -0.2) is 9.50 Å². The van der Waals surface area contributed by atoms with Crippen molar-refractivity contribution in [2.24, 2.45) is 0 Å². The van der Waals surface area contributed by atoms with Crippen LogP contribution in [0.1, 0.15) is 44.2 Å². The molecule has 0 radical (unpaired) electrons. The van der Waals surface area contributed by atoms with E-state index in [0.29, 0.717) is 12.6 Å². The quantitative estimate of drug-likeness (QED) is 0.498. The van der Waals surface area contributed by atoms with Crippen molar-refractivity contribution in [3.8, 4) is 11.1 Å². The average molecular weight is 428 g/mol. The molecule has 3 aromatic heterocycles. The maximum atomic E-state index is 11.0. The molecule has 0 unspecified atom stereocenters. The molecule has 1 fully saturated rings. The van der Waals surface area contributed by atoms with Crippen LogP contribution in [0.25, 0.3) is 16.6 Å². The van der Waals surface area contributed by atoms with Crippen molar-refractivity contribution in [3.63, 3.8) is 0 Å². The standard InChI is InChI=1S/C21H28N6O4/c1-13(12-31-2)24-21-22-9-19-17(15-8-23-26(10-15)11-20(29)30)7-18(27(19)25-21)14-3-5-16(28)6-4-14/h7-10,13-14,16,28H,3-6,11-12H2,1-2H3,(H,24,25)(H,29,30)/t13-,14?,16?/m0/s1. The van der Waals surface area contributed by atoms with E-state index in [4.69, 9.17) is 14.9 Å². The third kappa shape index (κ3) is 4.70. The minimum absolute atomic E-state index is 0.0556. The minimum Gasteiger partial charge on any atom is -0.480 e. The minimum atomic E-state index is -0.943. The van der Waals surface area contributed by atoms with Crippen LogP contribution in [-0.4, -0.2) is 66.4 Å². The van der Waals surface area contributed by atoms with E-state index in [9.17, 15) is 9.90 Å². The second-order valence-electron chi connectivity index (χ2n) is 8.19. The second-order valence-corrected chi connectivity index (χ2v) is 8.19. The van der Waals surface area contributed by atoms with Gasteiger partial charge in [-0.05, 0) is 38.7 Å². The summed E-state index contributed by atoms with van der Waals surface area (Å²) >= 11 is 0. The summed E-state index contributed by atoms with van der Waals surface area (Å²) in [6.07, 6.45) is 8.24. The number of aliphatic hydroxyl groups excluding tert-OH is 1. The maximum absolute atomic E-state index is 11.0. The van der Waals surface area contributed by atoms with Gasteiger partial charge in [0.2, 0.25) is 5.95 Å². The fourth-order valence-electron chi connectivity index (χ4n) is 4.21. The normalized spacial score (nSPS) is 20.1. The summed E-state index contributed by atoms with van der Waals surface area (Å²) < 4.78 is 8.51. The molecule has 1 saturated carbocycles. The molecule has 3 heterocycles. The molecule has 1 aliphatic carbocycles. The molecule has 3 N–H and O–H groups in total. The van der Waals surface area contributed by atoms with Crippen LogP contribution in [0.5, 0.6) is 0 Å². The molecule has 10 heteroatoms. The number of carboxylic acids is 1. The molecule has 1 aliphatic rings. The van der Waals surface area contributed by atoms with Crippen LogP contribution >= 0.6 is 0 Å². The molecule has 1 atom stereocenters. The first-order valence-electron chi connectivity index (χ1n) is 10.5. The lowest BCUT2D eigenvalue weighted by atomic mass is 9.85. The highest BCUT2D eigenvalue weighted by Gasteiger charge is 2.26. The number of hydrogen-bond donors (Lipinski definition) is 3. The first kappa shape index (κ1) is 21.3. The van der Waals surface area contributed by atoms with E-state index < -0.39 is 5.97 Å². The van der Waals surface area contributed by atoms with Gasteiger partial charge in [-0.2, -0.15) is 5.10 Å². The number of nitrogens with zero attached hydrogens (tertiary/aromatic N) is 5. The van der Waals surface area contributed by atoms with Crippen molar-refractivity contribution in [2.45, 2.75) is 57.2 Å². The number of carboxylic acid groups (broad SMARTS) is 1. The Kier molecular flexibility index (Phi) is 6.19. The molecule has 0 aliphatic heterocycles. The van der Waals surface area contributed by atoms with Crippen LogP contribution in [0.2, 0.25) is 0 Å². The van der Waals surface area contributed by atoms with Gasteiger partial charge in [0.15, 0.2) is 0 Å². The highest BCUT2D eigenvalue weighted by Crippen LogP contribution is 2.37. The van der Waals surface area contributed by atoms with Crippen molar-refractivity contribution in [1.29, 1.82) is 0 Å². The highest BCUT2D eigenvalue weighted by molar-refractivity contribution is 5.81. The number of rotatable bonds is 8. The van der Waals surface area contributed by atoms with E-state index in [1.165, 1.54) is 4.68 Å². The Morgan fingerprint density at radius 2 is 2.10 bits per heavy atom. The Morgan fingerprint density at radius 1 is 1.32 bits per heavy atom. The van der Waals surface area contributed by atoms with Crippen LogP contribution in [0.15, 0.2) is 24.7 Å². The topological polar surface area (TPSA) is 127 Å². The second kappa shape index (κ2) is 9.03. The molecular formula is C21H28N6O4. The molecule has 0 bridgehead atoms. The van der Waals surface area contributed by atoms with E-state index in [2.05, 4.69) is 21.5 Å². The summed E-state index contributed by atoms with van der Waals surface area (Å²) in [5.41, 5.74) is 3.63. The lowest BCUT2D eigenvalue weighted by Gasteiger charge is -2.25. The van der Waals surface area contributed by atoms with E-state index in [1.807, 2.05) is 11.4 Å². The number of methoxy groups -OCH3 is 1. The van der Waals surface area contributed by atoms with Gasteiger partial charge in [0.25, 0.3) is 0 Å². The Hall–Kier alpha value is -2.98. The molecule has 0 aromatic carbocycles. The van der Waals surface area contributed by atoms with Gasteiger partial charge in [0.05, 0.1) is 30.6 Å². The van der Waals surface area contributed by atoms with Crippen molar-refractivity contribution >= 4 is 17.4 Å². The monoisotopic (exact) mass is 428 g/mol. The third-order valence-electron chi connectivity index (χ3n) is 5.69. The zero-order valence-corrected chi connectivity index (χ0v) is 17.7. The summed E-state index contributed by atoms with van der Waals surface area (Å²) in [4.78, 5) is 15.5. The molecule has 0 spiro atoms. The number of fused-ring (bicyclic) bond motifs is 1. The lowest BCUT2D eigenvalue weighted by molar-refractivity contribution is -0.137.